The summed E-state index contributed by atoms with van der Waals surface area (Å²) in [5, 5.41) is 11.9. The number of nitrogens with zero attached hydrogens (tertiary/aromatic N) is 1. The lowest BCUT2D eigenvalue weighted by Gasteiger charge is -2.28. The molecule has 8 heteroatoms. The number of ether oxygens (including phenoxy) is 1. The molecule has 1 heterocycles. The molecule has 1 saturated heterocycles. The minimum absolute atomic E-state index is 0.0583. The average Bonchev–Trinajstić information content (AvgIpc) is 3.42. The van der Waals surface area contributed by atoms with E-state index >= 15 is 0 Å². The highest BCUT2D eigenvalue weighted by molar-refractivity contribution is 7.98. The summed E-state index contributed by atoms with van der Waals surface area (Å²) in [5.74, 6) is -0.518. The normalized spacial score (nSPS) is 17.7. The highest BCUT2D eigenvalue weighted by Crippen LogP contribution is 2.44. The molecule has 1 aliphatic heterocycles. The van der Waals surface area contributed by atoms with Crippen LogP contribution in [0.1, 0.15) is 42.7 Å². The fourth-order valence-corrected chi connectivity index (χ4v) is 5.49. The Hall–Kier alpha value is -3.00. The van der Waals surface area contributed by atoms with Gasteiger partial charge in [-0.05, 0) is 53.5 Å². The van der Waals surface area contributed by atoms with E-state index in [9.17, 15) is 19.5 Å². The van der Waals surface area contributed by atoms with Gasteiger partial charge in [0.05, 0.1) is 6.42 Å². The van der Waals surface area contributed by atoms with Crippen molar-refractivity contribution < 1.29 is 24.2 Å². The summed E-state index contributed by atoms with van der Waals surface area (Å²) in [6.07, 6.45) is 3.13. The van der Waals surface area contributed by atoms with Crippen LogP contribution in [0, 0.1) is 0 Å². The van der Waals surface area contributed by atoms with Crippen LogP contribution in [0.2, 0.25) is 0 Å². The van der Waals surface area contributed by atoms with Crippen LogP contribution in [0.25, 0.3) is 11.1 Å². The second-order valence-electron chi connectivity index (χ2n) is 8.73. The van der Waals surface area contributed by atoms with Crippen LogP contribution in [0.4, 0.5) is 4.79 Å². The minimum Gasteiger partial charge on any atom is -0.481 e. The molecule has 0 bridgehead atoms. The van der Waals surface area contributed by atoms with Crippen molar-refractivity contribution in [3.05, 3.63) is 59.7 Å². The second kappa shape index (κ2) is 11.0. The van der Waals surface area contributed by atoms with E-state index in [2.05, 4.69) is 29.6 Å². The number of nitrogens with one attached hydrogen (secondary N) is 1. The number of hydrogen-bond donors (Lipinski definition) is 2. The molecule has 0 unspecified atom stereocenters. The van der Waals surface area contributed by atoms with E-state index in [1.54, 1.807) is 16.7 Å². The Kier molecular flexibility index (Phi) is 7.77. The molecule has 0 aromatic heterocycles. The van der Waals surface area contributed by atoms with Gasteiger partial charge in [-0.25, -0.2) is 4.79 Å². The third-order valence-corrected chi connectivity index (χ3v) is 7.26. The van der Waals surface area contributed by atoms with Crippen LogP contribution in [0.5, 0.6) is 0 Å². The van der Waals surface area contributed by atoms with E-state index in [-0.39, 0.29) is 30.9 Å². The topological polar surface area (TPSA) is 95.9 Å². The van der Waals surface area contributed by atoms with Crippen molar-refractivity contribution in [1.29, 1.82) is 0 Å². The summed E-state index contributed by atoms with van der Waals surface area (Å²) < 4.78 is 5.63. The molecule has 0 saturated carbocycles. The number of carboxylic acid groups (broad SMARTS) is 1. The molecule has 2 amide bonds. The van der Waals surface area contributed by atoms with Crippen molar-refractivity contribution in [3.63, 3.8) is 0 Å². The number of aliphatic carboxylic acids is 1. The Balaban J connectivity index is 1.42. The highest BCUT2D eigenvalue weighted by atomic mass is 32.2. The SMILES string of the molecule is CSCC[C@@H](NC(=O)OCC1c2ccccc2-c2ccccc21)C(=O)N1CCC[C@H]1CC(=O)O. The summed E-state index contributed by atoms with van der Waals surface area (Å²) >= 11 is 1.59. The molecule has 0 radical (unpaired) electrons. The van der Waals surface area contributed by atoms with Crippen molar-refractivity contribution in [3.8, 4) is 11.1 Å². The lowest BCUT2D eigenvalue weighted by atomic mass is 9.98. The standard InChI is InChI=1S/C26H30N2O5S/c1-34-14-12-23(25(31)28-13-6-7-17(28)15-24(29)30)27-26(32)33-16-22-20-10-4-2-8-18(20)19-9-3-5-11-21(19)22/h2-5,8-11,17,22-23H,6-7,12-16H2,1H3,(H,27,32)(H,29,30)/t17-,23+/m0/s1. The molecular weight excluding hydrogens is 452 g/mol. The van der Waals surface area contributed by atoms with Crippen molar-refractivity contribution in [2.45, 2.75) is 43.7 Å². The van der Waals surface area contributed by atoms with Gasteiger partial charge in [0.2, 0.25) is 5.91 Å². The lowest BCUT2D eigenvalue weighted by Crippen LogP contribution is -2.50. The van der Waals surface area contributed by atoms with Crippen molar-refractivity contribution in [2.75, 3.05) is 25.2 Å². The fraction of sp³-hybridized carbons (Fsp3) is 0.423. The molecule has 2 N–H and O–H groups in total. The average molecular weight is 483 g/mol. The zero-order valence-corrected chi connectivity index (χ0v) is 20.1. The van der Waals surface area contributed by atoms with Gasteiger partial charge in [-0.3, -0.25) is 9.59 Å². The van der Waals surface area contributed by atoms with E-state index in [1.807, 2.05) is 30.5 Å². The number of likely N-dealkylation sites (tertiary alicyclic amines) is 1. The molecule has 2 aliphatic rings. The van der Waals surface area contributed by atoms with Crippen molar-refractivity contribution >= 4 is 29.7 Å². The number of thioether (sulfide) groups is 1. The predicted octanol–water partition coefficient (Wildman–Crippen LogP) is 4.11. The molecule has 0 spiro atoms. The summed E-state index contributed by atoms with van der Waals surface area (Å²) in [6, 6.07) is 15.2. The Labute approximate surface area is 203 Å². The van der Waals surface area contributed by atoms with Gasteiger partial charge >= 0.3 is 12.1 Å². The second-order valence-corrected chi connectivity index (χ2v) is 9.72. The van der Waals surface area contributed by atoms with Crippen LogP contribution in [-0.4, -0.2) is 65.2 Å². The molecule has 2 aromatic rings. The van der Waals surface area contributed by atoms with E-state index in [0.29, 0.717) is 25.1 Å². The van der Waals surface area contributed by atoms with Crippen LogP contribution in [-0.2, 0) is 14.3 Å². The van der Waals surface area contributed by atoms with Gasteiger partial charge in [-0.1, -0.05) is 48.5 Å². The minimum atomic E-state index is -0.921. The molecule has 1 fully saturated rings. The predicted molar refractivity (Wildman–Crippen MR) is 132 cm³/mol. The number of amides is 2. The highest BCUT2D eigenvalue weighted by Gasteiger charge is 2.35. The lowest BCUT2D eigenvalue weighted by molar-refractivity contribution is -0.140. The smallest absolute Gasteiger partial charge is 0.407 e. The third-order valence-electron chi connectivity index (χ3n) is 6.61. The van der Waals surface area contributed by atoms with Gasteiger partial charge in [-0.2, -0.15) is 11.8 Å². The summed E-state index contributed by atoms with van der Waals surface area (Å²) in [4.78, 5) is 38.8. The first-order chi connectivity index (χ1) is 16.5. The van der Waals surface area contributed by atoms with Gasteiger partial charge < -0.3 is 20.1 Å². The Bertz CT molecular complexity index is 1010. The maximum Gasteiger partial charge on any atom is 0.407 e. The molecule has 7 nitrogen and oxygen atoms in total. The van der Waals surface area contributed by atoms with Crippen LogP contribution < -0.4 is 5.32 Å². The Morgan fingerprint density at radius 1 is 1.12 bits per heavy atom. The summed E-state index contributed by atoms with van der Waals surface area (Å²) in [5.41, 5.74) is 4.55. The summed E-state index contributed by atoms with van der Waals surface area (Å²) in [6.45, 7) is 0.688. The number of rotatable bonds is 9. The first-order valence-electron chi connectivity index (χ1n) is 11.6. The molecular formula is C26H30N2O5S. The molecule has 2 aromatic carbocycles. The molecule has 1 aliphatic carbocycles. The molecule has 2 atom stereocenters. The monoisotopic (exact) mass is 482 g/mol. The van der Waals surface area contributed by atoms with E-state index < -0.39 is 18.1 Å². The number of carboxylic acids is 1. The van der Waals surface area contributed by atoms with E-state index in [1.165, 1.54) is 0 Å². The largest absolute Gasteiger partial charge is 0.481 e. The zero-order valence-electron chi connectivity index (χ0n) is 19.2. The first-order valence-corrected chi connectivity index (χ1v) is 13.0. The Morgan fingerprint density at radius 2 is 1.76 bits per heavy atom. The molecule has 4 rings (SSSR count). The molecule has 34 heavy (non-hydrogen) atoms. The zero-order chi connectivity index (χ0) is 24.1. The van der Waals surface area contributed by atoms with E-state index in [4.69, 9.17) is 4.74 Å². The third kappa shape index (κ3) is 5.22. The quantitative estimate of drug-likeness (QED) is 0.558. The van der Waals surface area contributed by atoms with Gasteiger partial charge in [-0.15, -0.1) is 0 Å². The number of carbonyl (C=O) groups is 3. The molecule has 180 valence electrons. The van der Waals surface area contributed by atoms with Crippen molar-refractivity contribution in [1.82, 2.24) is 10.2 Å². The van der Waals surface area contributed by atoms with Crippen molar-refractivity contribution in [2.24, 2.45) is 0 Å². The van der Waals surface area contributed by atoms with Crippen LogP contribution in [0.3, 0.4) is 0 Å². The first kappa shape index (κ1) is 24.1. The van der Waals surface area contributed by atoms with Crippen LogP contribution >= 0.6 is 11.8 Å². The van der Waals surface area contributed by atoms with Gasteiger partial charge in [0.25, 0.3) is 0 Å². The van der Waals surface area contributed by atoms with Gasteiger partial charge in [0, 0.05) is 18.5 Å². The van der Waals surface area contributed by atoms with Gasteiger partial charge in [0.15, 0.2) is 0 Å². The number of benzene rings is 2. The number of alkyl carbamates (subject to hydrolysis) is 1. The number of carbonyl (C=O) groups excluding carboxylic acids is 2. The van der Waals surface area contributed by atoms with Crippen LogP contribution in [0.15, 0.2) is 48.5 Å². The van der Waals surface area contributed by atoms with Gasteiger partial charge in [0.1, 0.15) is 12.6 Å². The maximum absolute atomic E-state index is 13.2. The number of fused-ring (bicyclic) bond motifs is 3. The fourth-order valence-electron chi connectivity index (χ4n) is 5.02. The number of hydrogen-bond acceptors (Lipinski definition) is 5. The summed E-state index contributed by atoms with van der Waals surface area (Å²) in [7, 11) is 0. The maximum atomic E-state index is 13.2. The Morgan fingerprint density at radius 3 is 2.38 bits per heavy atom. The van der Waals surface area contributed by atoms with E-state index in [0.717, 1.165) is 28.7 Å².